The number of allylic oxidation sites excluding steroid dienone is 8. The van der Waals surface area contributed by atoms with E-state index in [1.165, 1.54) is 193 Å². The Morgan fingerprint density at radius 3 is 0.841 bits per heavy atom. The fourth-order valence-electron chi connectivity index (χ4n) is 8.78. The first-order chi connectivity index (χ1) is 34.0. The van der Waals surface area contributed by atoms with Gasteiger partial charge in [-0.15, -0.1) is 0 Å². The summed E-state index contributed by atoms with van der Waals surface area (Å²) in [7, 11) is 0. The van der Waals surface area contributed by atoms with Crippen LogP contribution in [0.3, 0.4) is 0 Å². The van der Waals surface area contributed by atoms with Gasteiger partial charge in [0.05, 0.1) is 0 Å². The summed E-state index contributed by atoms with van der Waals surface area (Å²) in [5.41, 5.74) is 0. The lowest BCUT2D eigenvalue weighted by Gasteiger charge is -2.18. The Morgan fingerprint density at radius 1 is 0.290 bits per heavy atom. The molecule has 0 aliphatic carbocycles. The van der Waals surface area contributed by atoms with Gasteiger partial charge in [-0.2, -0.15) is 0 Å². The van der Waals surface area contributed by atoms with Crippen molar-refractivity contribution in [1.82, 2.24) is 0 Å². The fourth-order valence-corrected chi connectivity index (χ4v) is 8.78. The van der Waals surface area contributed by atoms with Crippen molar-refractivity contribution in [2.45, 2.75) is 322 Å². The van der Waals surface area contributed by atoms with Crippen LogP contribution < -0.4 is 0 Å². The van der Waals surface area contributed by atoms with Gasteiger partial charge in [0.1, 0.15) is 13.2 Å². The molecule has 0 aromatic carbocycles. The number of ether oxygens (including phenoxy) is 3. The van der Waals surface area contributed by atoms with Gasteiger partial charge in [-0.3, -0.25) is 14.4 Å². The number of esters is 3. The van der Waals surface area contributed by atoms with Gasteiger partial charge in [-0.1, -0.05) is 281 Å². The molecule has 0 amide bonds. The predicted molar refractivity (Wildman–Crippen MR) is 298 cm³/mol. The highest BCUT2D eigenvalue weighted by atomic mass is 16.6. The molecule has 0 rings (SSSR count). The molecule has 0 spiro atoms. The number of hydrogen-bond donors (Lipinski definition) is 0. The molecule has 0 heterocycles. The van der Waals surface area contributed by atoms with Crippen molar-refractivity contribution in [2.24, 2.45) is 0 Å². The SMILES string of the molecule is CCCCC/C=C\C/C=C\C/C=C\C/C=C\CCCCCC(=O)OC[C@H](COC(=O)CCCCCCCCCCCCCCCCC)OC(=O)CCCCCCCCCCCCCCCCCCC. The van der Waals surface area contributed by atoms with E-state index >= 15 is 0 Å². The van der Waals surface area contributed by atoms with Gasteiger partial charge in [0, 0.05) is 19.3 Å². The van der Waals surface area contributed by atoms with E-state index in [4.69, 9.17) is 14.2 Å². The van der Waals surface area contributed by atoms with E-state index in [-0.39, 0.29) is 31.1 Å². The molecule has 0 aromatic heterocycles. The second-order valence-corrected chi connectivity index (χ2v) is 20.3. The molecule has 0 fully saturated rings. The summed E-state index contributed by atoms with van der Waals surface area (Å²) < 4.78 is 16.9. The lowest BCUT2D eigenvalue weighted by molar-refractivity contribution is -0.167. The minimum Gasteiger partial charge on any atom is -0.462 e. The summed E-state index contributed by atoms with van der Waals surface area (Å²) in [6.07, 6.45) is 71.0. The maximum Gasteiger partial charge on any atom is 0.306 e. The van der Waals surface area contributed by atoms with Crippen LogP contribution in [0.1, 0.15) is 316 Å². The first-order valence-corrected chi connectivity index (χ1v) is 30.1. The van der Waals surface area contributed by atoms with Crippen molar-refractivity contribution in [3.05, 3.63) is 48.6 Å². The zero-order chi connectivity index (χ0) is 50.0. The molecule has 69 heavy (non-hydrogen) atoms. The van der Waals surface area contributed by atoms with Crippen LogP contribution in [0.2, 0.25) is 0 Å². The Kier molecular flexibility index (Phi) is 55.7. The van der Waals surface area contributed by atoms with E-state index in [2.05, 4.69) is 69.4 Å². The van der Waals surface area contributed by atoms with Crippen LogP contribution >= 0.6 is 0 Å². The Hall–Kier alpha value is -2.63. The molecule has 402 valence electrons. The second-order valence-electron chi connectivity index (χ2n) is 20.3. The Balaban J connectivity index is 4.39. The van der Waals surface area contributed by atoms with Gasteiger partial charge in [-0.05, 0) is 64.2 Å². The maximum atomic E-state index is 12.9. The minimum absolute atomic E-state index is 0.0787. The summed E-state index contributed by atoms with van der Waals surface area (Å²) in [5.74, 6) is -0.891. The number of carbonyl (C=O) groups excluding carboxylic acids is 3. The summed E-state index contributed by atoms with van der Waals surface area (Å²) in [6, 6.07) is 0. The Labute approximate surface area is 428 Å². The largest absolute Gasteiger partial charge is 0.462 e. The van der Waals surface area contributed by atoms with Crippen LogP contribution in [0, 0.1) is 0 Å². The summed E-state index contributed by atoms with van der Waals surface area (Å²) in [4.78, 5) is 38.2. The molecule has 6 heteroatoms. The smallest absolute Gasteiger partial charge is 0.306 e. The van der Waals surface area contributed by atoms with Crippen LogP contribution in [0.4, 0.5) is 0 Å². The highest BCUT2D eigenvalue weighted by Crippen LogP contribution is 2.17. The van der Waals surface area contributed by atoms with E-state index < -0.39 is 6.10 Å². The zero-order valence-corrected chi connectivity index (χ0v) is 46.1. The average molecular weight is 968 g/mol. The highest BCUT2D eigenvalue weighted by molar-refractivity contribution is 5.71. The molecular weight excluding hydrogens is 853 g/mol. The highest BCUT2D eigenvalue weighted by Gasteiger charge is 2.19. The van der Waals surface area contributed by atoms with E-state index in [0.29, 0.717) is 19.3 Å². The molecule has 0 saturated carbocycles. The quantitative estimate of drug-likeness (QED) is 0.0262. The number of hydrogen-bond acceptors (Lipinski definition) is 6. The molecule has 6 nitrogen and oxygen atoms in total. The van der Waals surface area contributed by atoms with Crippen LogP contribution in [0.15, 0.2) is 48.6 Å². The third kappa shape index (κ3) is 56.2. The van der Waals surface area contributed by atoms with Gasteiger partial charge >= 0.3 is 17.9 Å². The summed E-state index contributed by atoms with van der Waals surface area (Å²) >= 11 is 0. The minimum atomic E-state index is -0.783. The zero-order valence-electron chi connectivity index (χ0n) is 46.1. The van der Waals surface area contributed by atoms with Crippen LogP contribution in [-0.2, 0) is 28.6 Å². The Morgan fingerprint density at radius 2 is 0.522 bits per heavy atom. The molecule has 0 N–H and O–H groups in total. The monoisotopic (exact) mass is 967 g/mol. The molecule has 0 aliphatic heterocycles. The van der Waals surface area contributed by atoms with Gasteiger partial charge in [0.15, 0.2) is 6.10 Å². The number of rotatable bonds is 55. The lowest BCUT2D eigenvalue weighted by atomic mass is 10.0. The number of carbonyl (C=O) groups is 3. The van der Waals surface area contributed by atoms with Crippen molar-refractivity contribution < 1.29 is 28.6 Å². The molecule has 0 radical (unpaired) electrons. The molecular formula is C63H114O6. The third-order valence-corrected chi connectivity index (χ3v) is 13.3. The normalized spacial score (nSPS) is 12.3. The van der Waals surface area contributed by atoms with E-state index in [1.54, 1.807) is 0 Å². The maximum absolute atomic E-state index is 12.9. The van der Waals surface area contributed by atoms with Crippen molar-refractivity contribution in [2.75, 3.05) is 13.2 Å². The van der Waals surface area contributed by atoms with Gasteiger partial charge in [-0.25, -0.2) is 0 Å². The van der Waals surface area contributed by atoms with Crippen LogP contribution in [-0.4, -0.2) is 37.2 Å². The van der Waals surface area contributed by atoms with Gasteiger partial charge < -0.3 is 14.2 Å². The van der Waals surface area contributed by atoms with Gasteiger partial charge in [0.2, 0.25) is 0 Å². The Bertz CT molecular complexity index is 1200. The topological polar surface area (TPSA) is 78.9 Å². The summed E-state index contributed by atoms with van der Waals surface area (Å²) in [5, 5.41) is 0. The molecule has 0 saturated heterocycles. The van der Waals surface area contributed by atoms with Crippen LogP contribution in [0.5, 0.6) is 0 Å². The molecule has 0 bridgehead atoms. The predicted octanol–water partition coefficient (Wildman–Crippen LogP) is 20.2. The molecule has 0 aromatic rings. The van der Waals surface area contributed by atoms with Crippen molar-refractivity contribution in [3.8, 4) is 0 Å². The molecule has 1 atom stereocenters. The molecule has 0 aliphatic rings. The van der Waals surface area contributed by atoms with E-state index in [1.807, 2.05) is 0 Å². The van der Waals surface area contributed by atoms with E-state index in [9.17, 15) is 14.4 Å². The second kappa shape index (κ2) is 57.9. The standard InChI is InChI=1S/C63H114O6/c1-4-7-10-13-16-19-22-25-28-30-31-33-35-38-41-44-47-50-53-56-62(65)68-59-60(58-67-61(64)55-52-49-46-43-40-37-34-27-24-21-18-15-12-9-6-3)69-63(66)57-54-51-48-45-42-39-36-32-29-26-23-20-17-14-11-8-5-2/h16,19,25,28,31,33,38,41,60H,4-15,17-18,20-24,26-27,29-30,32,34-37,39-40,42-59H2,1-3H3/b19-16-,28-25-,33-31-,41-38-/t60-/m0/s1. The third-order valence-electron chi connectivity index (χ3n) is 13.3. The van der Waals surface area contributed by atoms with Crippen molar-refractivity contribution >= 4 is 17.9 Å². The fraction of sp³-hybridized carbons (Fsp3) is 0.825. The number of unbranched alkanes of at least 4 members (excludes halogenated alkanes) is 36. The summed E-state index contributed by atoms with van der Waals surface area (Å²) in [6.45, 7) is 6.63. The molecule has 0 unspecified atom stereocenters. The van der Waals surface area contributed by atoms with E-state index in [0.717, 1.165) is 83.5 Å². The lowest BCUT2D eigenvalue weighted by Crippen LogP contribution is -2.30. The first-order valence-electron chi connectivity index (χ1n) is 30.1. The van der Waals surface area contributed by atoms with Crippen molar-refractivity contribution in [1.29, 1.82) is 0 Å². The first kappa shape index (κ1) is 66.4. The van der Waals surface area contributed by atoms with Crippen LogP contribution in [0.25, 0.3) is 0 Å². The average Bonchev–Trinajstić information content (AvgIpc) is 3.35. The van der Waals surface area contributed by atoms with Gasteiger partial charge in [0.25, 0.3) is 0 Å². The van der Waals surface area contributed by atoms with Crippen molar-refractivity contribution in [3.63, 3.8) is 0 Å².